The normalized spacial score (nSPS) is 12.4. The van der Waals surface area contributed by atoms with Crippen LogP contribution in [0.1, 0.15) is 29.5 Å². The first-order valence-corrected chi connectivity index (χ1v) is 7.62. The van der Waals surface area contributed by atoms with Crippen molar-refractivity contribution in [2.24, 2.45) is 5.73 Å². The zero-order valence-electron chi connectivity index (χ0n) is 11.6. The van der Waals surface area contributed by atoms with Crippen LogP contribution in [0.5, 0.6) is 0 Å². The van der Waals surface area contributed by atoms with Crippen LogP contribution in [0.25, 0.3) is 0 Å². The Bertz CT molecular complexity index is 564. The molecule has 0 amide bonds. The maximum Gasteiger partial charge on any atom is 0.0595 e. The maximum absolute atomic E-state index is 6.06. The highest BCUT2D eigenvalue weighted by molar-refractivity contribution is 6.42. The number of nitrogens with two attached hydrogens (primary N) is 1. The summed E-state index contributed by atoms with van der Waals surface area (Å²) in [6, 6.07) is 14.5. The highest BCUT2D eigenvalue weighted by atomic mass is 35.5. The first-order valence-electron chi connectivity index (χ1n) is 6.86. The molecule has 0 heterocycles. The van der Waals surface area contributed by atoms with E-state index in [-0.39, 0.29) is 0 Å². The molecular weight excluding hydrogens is 289 g/mol. The minimum absolute atomic E-state index is 0.304. The van der Waals surface area contributed by atoms with E-state index in [1.54, 1.807) is 0 Å². The number of benzene rings is 2. The molecule has 2 aromatic rings. The zero-order chi connectivity index (χ0) is 14.5. The molecule has 0 aliphatic heterocycles. The van der Waals surface area contributed by atoms with E-state index in [0.717, 1.165) is 18.4 Å². The summed E-state index contributed by atoms with van der Waals surface area (Å²) in [5.41, 5.74) is 9.71. The lowest BCUT2D eigenvalue weighted by Gasteiger charge is -2.16. The van der Waals surface area contributed by atoms with Gasteiger partial charge in [0.1, 0.15) is 0 Å². The van der Waals surface area contributed by atoms with Gasteiger partial charge in [0.2, 0.25) is 0 Å². The van der Waals surface area contributed by atoms with E-state index < -0.39 is 0 Å². The Hall–Kier alpha value is -1.02. The molecule has 0 aliphatic rings. The van der Waals surface area contributed by atoms with Crippen molar-refractivity contribution in [2.75, 3.05) is 6.54 Å². The summed E-state index contributed by atoms with van der Waals surface area (Å²) in [4.78, 5) is 0. The number of rotatable bonds is 5. The second-order valence-electron chi connectivity index (χ2n) is 4.98. The molecule has 0 saturated carbocycles. The van der Waals surface area contributed by atoms with Gasteiger partial charge in [-0.05, 0) is 48.2 Å². The second-order valence-corrected chi connectivity index (χ2v) is 5.79. The summed E-state index contributed by atoms with van der Waals surface area (Å²) < 4.78 is 0. The Kier molecular flexibility index (Phi) is 5.47. The van der Waals surface area contributed by atoms with E-state index in [1.807, 2.05) is 18.2 Å². The van der Waals surface area contributed by atoms with E-state index in [0.29, 0.717) is 22.5 Å². The Morgan fingerprint density at radius 1 is 0.950 bits per heavy atom. The van der Waals surface area contributed by atoms with Gasteiger partial charge in [-0.1, -0.05) is 60.5 Å². The van der Waals surface area contributed by atoms with E-state index in [2.05, 4.69) is 31.2 Å². The van der Waals surface area contributed by atoms with Crippen LogP contribution in [0.2, 0.25) is 10.0 Å². The largest absolute Gasteiger partial charge is 0.330 e. The smallest absolute Gasteiger partial charge is 0.0595 e. The minimum Gasteiger partial charge on any atom is -0.330 e. The van der Waals surface area contributed by atoms with Gasteiger partial charge < -0.3 is 5.73 Å². The molecule has 0 aromatic heterocycles. The summed E-state index contributed by atoms with van der Waals surface area (Å²) in [5.74, 6) is 0.304. The van der Waals surface area contributed by atoms with Crippen LogP contribution in [-0.4, -0.2) is 6.54 Å². The van der Waals surface area contributed by atoms with Gasteiger partial charge in [0.05, 0.1) is 10.0 Å². The molecule has 0 radical (unpaired) electrons. The highest BCUT2D eigenvalue weighted by Gasteiger charge is 2.11. The third-order valence-corrected chi connectivity index (χ3v) is 4.35. The molecule has 0 aliphatic carbocycles. The molecule has 2 rings (SSSR count). The van der Waals surface area contributed by atoms with Crippen LogP contribution >= 0.6 is 23.2 Å². The quantitative estimate of drug-likeness (QED) is 0.840. The molecule has 1 unspecified atom stereocenters. The van der Waals surface area contributed by atoms with Crippen LogP contribution in [0.15, 0.2) is 42.5 Å². The van der Waals surface area contributed by atoms with E-state index in [4.69, 9.17) is 28.9 Å². The van der Waals surface area contributed by atoms with Crippen LogP contribution in [0, 0.1) is 0 Å². The van der Waals surface area contributed by atoms with Crippen molar-refractivity contribution < 1.29 is 0 Å². The van der Waals surface area contributed by atoms with E-state index in [1.165, 1.54) is 11.1 Å². The topological polar surface area (TPSA) is 26.0 Å². The molecular formula is C17H19Cl2N. The number of hydrogen-bond acceptors (Lipinski definition) is 1. The predicted molar refractivity (Wildman–Crippen MR) is 87.8 cm³/mol. The third kappa shape index (κ3) is 3.76. The minimum atomic E-state index is 0.304. The summed E-state index contributed by atoms with van der Waals surface area (Å²) in [6.45, 7) is 2.77. The fraction of sp³-hybridized carbons (Fsp3) is 0.294. The second kappa shape index (κ2) is 7.12. The first-order chi connectivity index (χ1) is 9.63. The van der Waals surface area contributed by atoms with Crippen LogP contribution in [0.3, 0.4) is 0 Å². The summed E-state index contributed by atoms with van der Waals surface area (Å²) in [5, 5.41) is 1.19. The molecule has 20 heavy (non-hydrogen) atoms. The number of aryl methyl sites for hydroxylation is 1. The molecule has 3 heteroatoms. The Labute approximate surface area is 130 Å². The summed E-state index contributed by atoms with van der Waals surface area (Å²) in [7, 11) is 0. The van der Waals surface area contributed by atoms with Crippen molar-refractivity contribution in [2.45, 2.75) is 25.7 Å². The van der Waals surface area contributed by atoms with E-state index in [9.17, 15) is 0 Å². The average Bonchev–Trinajstić information content (AvgIpc) is 2.48. The van der Waals surface area contributed by atoms with Crippen molar-refractivity contribution in [3.63, 3.8) is 0 Å². The Morgan fingerprint density at radius 3 is 2.15 bits per heavy atom. The van der Waals surface area contributed by atoms with Crippen LogP contribution < -0.4 is 5.73 Å². The van der Waals surface area contributed by atoms with Crippen LogP contribution in [0.4, 0.5) is 0 Å². The highest BCUT2D eigenvalue weighted by Crippen LogP contribution is 2.26. The molecule has 1 nitrogen and oxygen atoms in total. The Balaban J connectivity index is 2.16. The molecule has 0 fully saturated rings. The Morgan fingerprint density at radius 2 is 1.60 bits per heavy atom. The molecule has 106 valence electrons. The molecule has 1 atom stereocenters. The third-order valence-electron chi connectivity index (χ3n) is 3.61. The van der Waals surface area contributed by atoms with Crippen molar-refractivity contribution in [3.05, 3.63) is 69.2 Å². The lowest BCUT2D eigenvalue weighted by atomic mass is 9.91. The van der Waals surface area contributed by atoms with Gasteiger partial charge in [-0.3, -0.25) is 0 Å². The van der Waals surface area contributed by atoms with Gasteiger partial charge >= 0.3 is 0 Å². The zero-order valence-corrected chi connectivity index (χ0v) is 13.1. The number of halogens is 2. The van der Waals surface area contributed by atoms with Gasteiger partial charge in [0.15, 0.2) is 0 Å². The number of hydrogen-bond donors (Lipinski definition) is 1. The van der Waals surface area contributed by atoms with Crippen molar-refractivity contribution >= 4 is 23.2 Å². The molecule has 0 saturated heterocycles. The van der Waals surface area contributed by atoms with Gasteiger partial charge in [-0.25, -0.2) is 0 Å². The summed E-state index contributed by atoms with van der Waals surface area (Å²) >= 11 is 12.0. The lowest BCUT2D eigenvalue weighted by molar-refractivity contribution is 0.694. The van der Waals surface area contributed by atoms with Crippen molar-refractivity contribution in [1.29, 1.82) is 0 Å². The fourth-order valence-electron chi connectivity index (χ4n) is 2.31. The molecule has 0 bridgehead atoms. The van der Waals surface area contributed by atoms with Gasteiger partial charge in [0.25, 0.3) is 0 Å². The predicted octanol–water partition coefficient (Wildman–Crippen LogP) is 4.84. The standard InChI is InChI=1S/C17H19Cl2N/c1-2-12-3-6-14(7-4-12)15(11-20)9-13-5-8-16(18)17(19)10-13/h3-8,10,15H,2,9,11,20H2,1H3. The van der Waals surface area contributed by atoms with Gasteiger partial charge in [0, 0.05) is 5.92 Å². The molecule has 2 N–H and O–H groups in total. The average molecular weight is 308 g/mol. The monoisotopic (exact) mass is 307 g/mol. The summed E-state index contributed by atoms with van der Waals surface area (Å²) in [6.07, 6.45) is 1.93. The molecule has 0 spiro atoms. The van der Waals surface area contributed by atoms with Gasteiger partial charge in [-0.2, -0.15) is 0 Å². The van der Waals surface area contributed by atoms with Crippen molar-refractivity contribution in [3.8, 4) is 0 Å². The van der Waals surface area contributed by atoms with E-state index >= 15 is 0 Å². The lowest BCUT2D eigenvalue weighted by Crippen LogP contribution is -2.15. The maximum atomic E-state index is 6.06. The van der Waals surface area contributed by atoms with Crippen molar-refractivity contribution in [1.82, 2.24) is 0 Å². The SMILES string of the molecule is CCc1ccc(C(CN)Cc2ccc(Cl)c(Cl)c2)cc1. The van der Waals surface area contributed by atoms with Gasteiger partial charge in [-0.15, -0.1) is 0 Å². The first kappa shape index (κ1) is 15.4. The fourth-order valence-corrected chi connectivity index (χ4v) is 2.63. The van der Waals surface area contributed by atoms with Crippen LogP contribution in [-0.2, 0) is 12.8 Å². The molecule has 2 aromatic carbocycles.